The second-order valence-electron chi connectivity index (χ2n) is 7.82. The molecule has 3 rings (SSSR count). The van der Waals surface area contributed by atoms with Crippen LogP contribution in [0.2, 0.25) is 0 Å². The number of fused-ring (bicyclic) bond motifs is 1. The number of unbranched alkanes of at least 4 members (excludes halogenated alkanes) is 1. The lowest BCUT2D eigenvalue weighted by Crippen LogP contribution is -2.61. The van der Waals surface area contributed by atoms with Gasteiger partial charge < -0.3 is 25.4 Å². The number of morpholine rings is 1. The Kier molecular flexibility index (Phi) is 7.89. The molecule has 2 heterocycles. The molecule has 2 aliphatic rings. The van der Waals surface area contributed by atoms with Crippen molar-refractivity contribution >= 4 is 11.8 Å². The number of carbonyl (C=O) groups excluding carboxylic acids is 2. The molecule has 0 aromatic heterocycles. The zero-order valence-electron chi connectivity index (χ0n) is 17.2. The van der Waals surface area contributed by atoms with Crippen LogP contribution in [0, 0.1) is 0 Å². The summed E-state index contributed by atoms with van der Waals surface area (Å²) in [6.07, 6.45) is 5.37. The molecule has 0 radical (unpaired) electrons. The van der Waals surface area contributed by atoms with E-state index in [1.54, 1.807) is 4.90 Å². The zero-order chi connectivity index (χ0) is 20.5. The average molecular weight is 404 g/mol. The summed E-state index contributed by atoms with van der Waals surface area (Å²) in [5.41, 5.74) is 5.75. The number of nitrogens with two attached hydrogens (primary N) is 1. The lowest BCUT2D eigenvalue weighted by atomic mass is 9.91. The van der Waals surface area contributed by atoms with Gasteiger partial charge in [0.15, 0.2) is 5.60 Å². The smallest absolute Gasteiger partial charge is 0.254 e. The summed E-state index contributed by atoms with van der Waals surface area (Å²) in [5, 5.41) is 2.96. The molecule has 3 N–H and O–H groups in total. The number of rotatable bonds is 4. The van der Waals surface area contributed by atoms with Gasteiger partial charge in [0, 0.05) is 13.0 Å². The van der Waals surface area contributed by atoms with Crippen molar-refractivity contribution < 1.29 is 19.1 Å². The molecule has 1 spiro atoms. The fourth-order valence-corrected chi connectivity index (χ4v) is 4.04. The van der Waals surface area contributed by atoms with E-state index in [1.165, 1.54) is 5.56 Å². The Morgan fingerprint density at radius 1 is 1.21 bits per heavy atom. The molecular formula is C22H33N3O4. The highest BCUT2D eigenvalue weighted by Crippen LogP contribution is 2.28. The molecule has 1 aromatic rings. The van der Waals surface area contributed by atoms with E-state index in [-0.39, 0.29) is 11.8 Å². The predicted molar refractivity (Wildman–Crippen MR) is 111 cm³/mol. The fraction of sp³-hybridized carbons (Fsp3) is 0.636. The number of para-hydroxylation sites is 1. The number of ether oxygens (including phenoxy) is 2. The maximum Gasteiger partial charge on any atom is 0.254 e. The molecule has 7 heteroatoms. The van der Waals surface area contributed by atoms with Crippen molar-refractivity contribution in [1.29, 1.82) is 0 Å². The van der Waals surface area contributed by atoms with Crippen LogP contribution < -0.4 is 15.8 Å². The molecule has 0 bridgehead atoms. The van der Waals surface area contributed by atoms with Crippen molar-refractivity contribution in [2.75, 3.05) is 39.4 Å². The summed E-state index contributed by atoms with van der Waals surface area (Å²) in [6.45, 7) is 2.64. The number of benzene rings is 1. The largest absolute Gasteiger partial charge is 0.491 e. The maximum atomic E-state index is 13.0. The highest BCUT2D eigenvalue weighted by molar-refractivity contribution is 5.87. The predicted octanol–water partition coefficient (Wildman–Crippen LogP) is 1.63. The highest BCUT2D eigenvalue weighted by Gasteiger charge is 2.44. The van der Waals surface area contributed by atoms with Gasteiger partial charge in [0.1, 0.15) is 12.4 Å². The first-order valence-corrected chi connectivity index (χ1v) is 10.8. The van der Waals surface area contributed by atoms with Crippen molar-refractivity contribution in [3.8, 4) is 5.75 Å². The molecule has 160 valence electrons. The van der Waals surface area contributed by atoms with Crippen molar-refractivity contribution in [3.05, 3.63) is 29.8 Å². The standard InChI is InChI=1S/C22H33N3O4/c23-12-6-4-10-20(26)25-14-16-29-22(17-25)11-5-3-8-18-7-1-2-9-19(18)28-15-13-24-21(22)27/h1-2,7,9H,3-6,8,10-17,23H2,(H,24,27). The van der Waals surface area contributed by atoms with Gasteiger partial charge in [-0.2, -0.15) is 0 Å². The van der Waals surface area contributed by atoms with E-state index in [0.717, 1.165) is 37.9 Å². The van der Waals surface area contributed by atoms with Gasteiger partial charge in [0.05, 0.1) is 19.7 Å². The van der Waals surface area contributed by atoms with Gasteiger partial charge in [0.2, 0.25) is 5.91 Å². The fourth-order valence-electron chi connectivity index (χ4n) is 4.04. The third kappa shape index (κ3) is 5.70. The van der Waals surface area contributed by atoms with E-state index in [4.69, 9.17) is 15.2 Å². The highest BCUT2D eigenvalue weighted by atomic mass is 16.5. The SMILES string of the molecule is NCCCCC(=O)N1CCOC2(CCCCc3ccccc3OCCNC2=O)C1. The number of hydrogen-bond donors (Lipinski definition) is 2. The Labute approximate surface area is 172 Å². The van der Waals surface area contributed by atoms with E-state index in [2.05, 4.69) is 11.4 Å². The Balaban J connectivity index is 1.67. The lowest BCUT2D eigenvalue weighted by molar-refractivity contribution is -0.167. The normalized spacial score (nSPS) is 23.3. The lowest BCUT2D eigenvalue weighted by Gasteiger charge is -2.42. The van der Waals surface area contributed by atoms with Crippen LogP contribution in [0.5, 0.6) is 5.75 Å². The minimum absolute atomic E-state index is 0.0808. The summed E-state index contributed by atoms with van der Waals surface area (Å²) in [7, 11) is 0. The first kappa shape index (κ1) is 21.6. The molecule has 1 atom stereocenters. The van der Waals surface area contributed by atoms with Crippen molar-refractivity contribution in [2.45, 2.75) is 50.5 Å². The molecule has 0 saturated carbocycles. The molecule has 1 saturated heterocycles. The van der Waals surface area contributed by atoms with Crippen LogP contribution in [-0.2, 0) is 20.7 Å². The average Bonchev–Trinajstić information content (AvgIpc) is 2.74. The van der Waals surface area contributed by atoms with Crippen LogP contribution in [0.3, 0.4) is 0 Å². The summed E-state index contributed by atoms with van der Waals surface area (Å²) in [4.78, 5) is 27.4. The number of nitrogens with one attached hydrogen (secondary N) is 1. The van der Waals surface area contributed by atoms with Crippen molar-refractivity contribution in [1.82, 2.24) is 10.2 Å². The van der Waals surface area contributed by atoms with Crippen LogP contribution in [0.15, 0.2) is 24.3 Å². The quantitative estimate of drug-likeness (QED) is 0.746. The van der Waals surface area contributed by atoms with E-state index < -0.39 is 5.60 Å². The Hall–Kier alpha value is -2.12. The number of hydrogen-bond acceptors (Lipinski definition) is 5. The Morgan fingerprint density at radius 3 is 2.93 bits per heavy atom. The van der Waals surface area contributed by atoms with Gasteiger partial charge in [-0.3, -0.25) is 9.59 Å². The second-order valence-corrected chi connectivity index (χ2v) is 7.82. The van der Waals surface area contributed by atoms with Gasteiger partial charge in [-0.25, -0.2) is 0 Å². The Morgan fingerprint density at radius 2 is 2.07 bits per heavy atom. The maximum absolute atomic E-state index is 13.0. The Bertz CT molecular complexity index is 696. The minimum Gasteiger partial charge on any atom is -0.491 e. The molecule has 7 nitrogen and oxygen atoms in total. The summed E-state index contributed by atoms with van der Waals surface area (Å²) in [5.74, 6) is 0.826. The molecule has 2 amide bonds. The third-order valence-electron chi connectivity index (χ3n) is 5.69. The third-order valence-corrected chi connectivity index (χ3v) is 5.69. The van der Waals surface area contributed by atoms with Gasteiger partial charge >= 0.3 is 0 Å². The zero-order valence-corrected chi connectivity index (χ0v) is 17.2. The molecule has 1 fully saturated rings. The van der Waals surface area contributed by atoms with Crippen LogP contribution >= 0.6 is 0 Å². The number of carbonyl (C=O) groups is 2. The van der Waals surface area contributed by atoms with Crippen LogP contribution in [0.25, 0.3) is 0 Å². The summed E-state index contributed by atoms with van der Waals surface area (Å²) < 4.78 is 11.9. The van der Waals surface area contributed by atoms with Crippen LogP contribution in [-0.4, -0.2) is 61.7 Å². The summed E-state index contributed by atoms with van der Waals surface area (Å²) >= 11 is 0. The van der Waals surface area contributed by atoms with E-state index >= 15 is 0 Å². The van der Waals surface area contributed by atoms with Crippen molar-refractivity contribution in [2.24, 2.45) is 5.73 Å². The van der Waals surface area contributed by atoms with Gasteiger partial charge in [0.25, 0.3) is 5.91 Å². The van der Waals surface area contributed by atoms with E-state index in [0.29, 0.717) is 52.2 Å². The number of aryl methyl sites for hydroxylation is 1. The van der Waals surface area contributed by atoms with Crippen molar-refractivity contribution in [3.63, 3.8) is 0 Å². The molecule has 1 unspecified atom stereocenters. The van der Waals surface area contributed by atoms with Crippen LogP contribution in [0.4, 0.5) is 0 Å². The molecular weight excluding hydrogens is 370 g/mol. The molecule has 29 heavy (non-hydrogen) atoms. The monoisotopic (exact) mass is 403 g/mol. The topological polar surface area (TPSA) is 93.9 Å². The van der Waals surface area contributed by atoms with E-state index in [1.807, 2.05) is 18.2 Å². The number of amides is 2. The minimum atomic E-state index is -0.972. The summed E-state index contributed by atoms with van der Waals surface area (Å²) in [6, 6.07) is 8.06. The number of nitrogens with zero attached hydrogens (tertiary/aromatic N) is 1. The first-order chi connectivity index (χ1) is 14.1. The first-order valence-electron chi connectivity index (χ1n) is 10.8. The van der Waals surface area contributed by atoms with Gasteiger partial charge in [-0.1, -0.05) is 18.2 Å². The van der Waals surface area contributed by atoms with Gasteiger partial charge in [-0.15, -0.1) is 0 Å². The van der Waals surface area contributed by atoms with Gasteiger partial charge in [-0.05, 0) is 56.7 Å². The molecule has 0 aliphatic carbocycles. The molecule has 2 aliphatic heterocycles. The molecule has 1 aromatic carbocycles. The van der Waals surface area contributed by atoms with Crippen LogP contribution in [0.1, 0.15) is 44.1 Å². The van der Waals surface area contributed by atoms with E-state index in [9.17, 15) is 9.59 Å². The second kappa shape index (κ2) is 10.6.